The second-order valence-electron chi connectivity index (χ2n) is 8.72. The fourth-order valence-electron chi connectivity index (χ4n) is 3.73. The SMILES string of the molecule is COC(=O)c1ccc(CN2C(=O)C(O)=C(C(=O)C(C)(C)C)C2c2ccccc2C)cc1. The van der Waals surface area contributed by atoms with Crippen LogP contribution in [-0.4, -0.2) is 34.8 Å². The molecule has 0 saturated carbocycles. The summed E-state index contributed by atoms with van der Waals surface area (Å²) in [6.07, 6.45) is 0. The van der Waals surface area contributed by atoms with E-state index in [0.717, 1.165) is 16.7 Å². The number of rotatable bonds is 5. The topological polar surface area (TPSA) is 83.9 Å². The van der Waals surface area contributed by atoms with E-state index in [1.165, 1.54) is 12.0 Å². The average Bonchev–Trinajstić information content (AvgIpc) is 2.97. The Morgan fingerprint density at radius 2 is 1.68 bits per heavy atom. The molecule has 0 spiro atoms. The first-order chi connectivity index (χ1) is 14.6. The van der Waals surface area contributed by atoms with Gasteiger partial charge in [-0.3, -0.25) is 9.59 Å². The summed E-state index contributed by atoms with van der Waals surface area (Å²) in [5, 5.41) is 10.7. The largest absolute Gasteiger partial charge is 0.503 e. The summed E-state index contributed by atoms with van der Waals surface area (Å²) in [6.45, 7) is 7.39. The molecule has 0 bridgehead atoms. The highest BCUT2D eigenvalue weighted by Gasteiger charge is 2.46. The third kappa shape index (κ3) is 4.24. The first kappa shape index (κ1) is 22.3. The number of hydrogen-bond acceptors (Lipinski definition) is 5. The molecule has 1 amide bonds. The van der Waals surface area contributed by atoms with Crippen molar-refractivity contribution in [1.82, 2.24) is 4.90 Å². The Morgan fingerprint density at radius 3 is 2.23 bits per heavy atom. The molecule has 0 radical (unpaired) electrons. The third-order valence-corrected chi connectivity index (χ3v) is 5.44. The number of esters is 1. The number of ketones is 1. The van der Waals surface area contributed by atoms with E-state index in [0.29, 0.717) is 5.56 Å². The number of nitrogens with zero attached hydrogens (tertiary/aromatic N) is 1. The van der Waals surface area contributed by atoms with Gasteiger partial charge in [-0.2, -0.15) is 0 Å². The summed E-state index contributed by atoms with van der Waals surface area (Å²) >= 11 is 0. The van der Waals surface area contributed by atoms with Crippen molar-refractivity contribution in [2.45, 2.75) is 40.3 Å². The molecule has 6 heteroatoms. The molecule has 0 saturated heterocycles. The van der Waals surface area contributed by atoms with Gasteiger partial charge in [0, 0.05) is 12.0 Å². The lowest BCUT2D eigenvalue weighted by Gasteiger charge is -2.30. The van der Waals surface area contributed by atoms with Crippen LogP contribution in [0.15, 0.2) is 59.9 Å². The highest BCUT2D eigenvalue weighted by Crippen LogP contribution is 2.42. The molecule has 2 aromatic rings. The Morgan fingerprint density at radius 1 is 1.06 bits per heavy atom. The van der Waals surface area contributed by atoms with Crippen LogP contribution in [0, 0.1) is 12.3 Å². The van der Waals surface area contributed by atoms with E-state index in [1.807, 2.05) is 31.2 Å². The molecular formula is C25H27NO5. The summed E-state index contributed by atoms with van der Waals surface area (Å²) in [6, 6.07) is 13.5. The van der Waals surface area contributed by atoms with Crippen molar-refractivity contribution in [3.8, 4) is 0 Å². The Hall–Kier alpha value is -3.41. The van der Waals surface area contributed by atoms with Gasteiger partial charge in [0.25, 0.3) is 5.91 Å². The Balaban J connectivity index is 2.05. The van der Waals surface area contributed by atoms with Gasteiger partial charge in [-0.15, -0.1) is 0 Å². The highest BCUT2D eigenvalue weighted by atomic mass is 16.5. The number of benzene rings is 2. The predicted molar refractivity (Wildman–Crippen MR) is 116 cm³/mol. The lowest BCUT2D eigenvalue weighted by Crippen LogP contribution is -2.32. The summed E-state index contributed by atoms with van der Waals surface area (Å²) in [5.74, 6) is -1.80. The summed E-state index contributed by atoms with van der Waals surface area (Å²) < 4.78 is 4.72. The second-order valence-corrected chi connectivity index (χ2v) is 8.72. The van der Waals surface area contributed by atoms with Gasteiger partial charge >= 0.3 is 5.97 Å². The molecule has 3 rings (SSSR count). The standard InChI is InChI=1S/C25H27NO5/c1-15-8-6-7-9-18(15)20-19(22(28)25(2,3)4)21(27)23(29)26(20)14-16-10-12-17(13-11-16)24(30)31-5/h6-13,20,27H,14H2,1-5H3. The molecule has 1 atom stereocenters. The number of aryl methyl sites for hydroxylation is 1. The predicted octanol–water partition coefficient (Wildman–Crippen LogP) is 4.29. The minimum absolute atomic E-state index is 0.123. The van der Waals surface area contributed by atoms with E-state index >= 15 is 0 Å². The number of aliphatic hydroxyl groups is 1. The number of methoxy groups -OCH3 is 1. The van der Waals surface area contributed by atoms with Gasteiger partial charge in [-0.1, -0.05) is 57.2 Å². The van der Waals surface area contributed by atoms with Crippen molar-refractivity contribution in [3.63, 3.8) is 0 Å². The van der Waals surface area contributed by atoms with E-state index in [1.54, 1.807) is 45.0 Å². The van der Waals surface area contributed by atoms with Crippen LogP contribution in [0.25, 0.3) is 0 Å². The van der Waals surface area contributed by atoms with Crippen molar-refractivity contribution in [3.05, 3.63) is 82.1 Å². The quantitative estimate of drug-likeness (QED) is 0.728. The lowest BCUT2D eigenvalue weighted by atomic mass is 9.81. The van der Waals surface area contributed by atoms with Crippen molar-refractivity contribution in [2.24, 2.45) is 5.41 Å². The Labute approximate surface area is 182 Å². The van der Waals surface area contributed by atoms with E-state index in [4.69, 9.17) is 4.74 Å². The molecule has 1 N–H and O–H groups in total. The van der Waals surface area contributed by atoms with Gasteiger partial charge in [0.05, 0.1) is 24.3 Å². The zero-order valence-corrected chi connectivity index (χ0v) is 18.4. The van der Waals surface area contributed by atoms with Crippen LogP contribution < -0.4 is 0 Å². The minimum atomic E-state index is -0.761. The number of hydrogen-bond donors (Lipinski definition) is 1. The van der Waals surface area contributed by atoms with E-state index in [-0.39, 0.29) is 17.9 Å². The molecule has 1 aliphatic rings. The highest BCUT2D eigenvalue weighted by molar-refractivity contribution is 6.10. The summed E-state index contributed by atoms with van der Waals surface area (Å²) in [4.78, 5) is 39.5. The molecule has 0 aliphatic carbocycles. The van der Waals surface area contributed by atoms with Crippen LogP contribution in [0.4, 0.5) is 0 Å². The van der Waals surface area contributed by atoms with Crippen molar-refractivity contribution < 1.29 is 24.2 Å². The molecule has 0 aromatic heterocycles. The van der Waals surface area contributed by atoms with Crippen LogP contribution in [0.1, 0.15) is 53.9 Å². The first-order valence-corrected chi connectivity index (χ1v) is 10.1. The maximum Gasteiger partial charge on any atom is 0.337 e. The maximum atomic E-state index is 13.2. The molecule has 0 fully saturated rings. The monoisotopic (exact) mass is 421 g/mol. The molecule has 1 aliphatic heterocycles. The zero-order chi connectivity index (χ0) is 22.9. The van der Waals surface area contributed by atoms with E-state index < -0.39 is 29.1 Å². The van der Waals surface area contributed by atoms with Gasteiger partial charge in [-0.05, 0) is 35.7 Å². The number of amides is 1. The van der Waals surface area contributed by atoms with Gasteiger partial charge in [0.2, 0.25) is 0 Å². The second kappa shape index (κ2) is 8.38. The molecule has 31 heavy (non-hydrogen) atoms. The van der Waals surface area contributed by atoms with Gasteiger partial charge < -0.3 is 14.7 Å². The number of carbonyl (C=O) groups is 3. The van der Waals surface area contributed by atoms with Crippen LogP contribution in [0.3, 0.4) is 0 Å². The normalized spacial score (nSPS) is 16.6. The third-order valence-electron chi connectivity index (χ3n) is 5.44. The summed E-state index contributed by atoms with van der Waals surface area (Å²) in [7, 11) is 1.31. The van der Waals surface area contributed by atoms with Gasteiger partial charge in [0.15, 0.2) is 11.5 Å². The average molecular weight is 421 g/mol. The van der Waals surface area contributed by atoms with E-state index in [2.05, 4.69) is 0 Å². The van der Waals surface area contributed by atoms with Crippen molar-refractivity contribution in [2.75, 3.05) is 7.11 Å². The van der Waals surface area contributed by atoms with Crippen LogP contribution in [-0.2, 0) is 20.9 Å². The maximum absolute atomic E-state index is 13.2. The fourth-order valence-corrected chi connectivity index (χ4v) is 3.73. The number of ether oxygens (including phenoxy) is 1. The van der Waals surface area contributed by atoms with Gasteiger partial charge in [0.1, 0.15) is 0 Å². The zero-order valence-electron chi connectivity index (χ0n) is 18.4. The minimum Gasteiger partial charge on any atom is -0.503 e. The Bertz CT molecular complexity index is 1060. The molecule has 1 heterocycles. The summed E-state index contributed by atoms with van der Waals surface area (Å²) in [5.41, 5.74) is 2.23. The fraction of sp³-hybridized carbons (Fsp3) is 0.320. The van der Waals surface area contributed by atoms with Crippen LogP contribution in [0.5, 0.6) is 0 Å². The molecule has 2 aromatic carbocycles. The number of aliphatic hydroxyl groups excluding tert-OH is 1. The van der Waals surface area contributed by atoms with Gasteiger partial charge in [-0.25, -0.2) is 4.79 Å². The van der Waals surface area contributed by atoms with Crippen molar-refractivity contribution in [1.29, 1.82) is 0 Å². The molecule has 6 nitrogen and oxygen atoms in total. The number of carbonyl (C=O) groups excluding carboxylic acids is 3. The van der Waals surface area contributed by atoms with E-state index in [9.17, 15) is 19.5 Å². The molecule has 162 valence electrons. The molecular weight excluding hydrogens is 394 g/mol. The van der Waals surface area contributed by atoms with Crippen molar-refractivity contribution >= 4 is 17.7 Å². The smallest absolute Gasteiger partial charge is 0.337 e. The van der Waals surface area contributed by atoms with Crippen LogP contribution in [0.2, 0.25) is 0 Å². The Kier molecular flexibility index (Phi) is 6.02. The van der Waals surface area contributed by atoms with Crippen LogP contribution >= 0.6 is 0 Å². The number of Topliss-reactive ketones (excluding diaryl/α,β-unsaturated/α-hetero) is 1. The first-order valence-electron chi connectivity index (χ1n) is 10.1. The lowest BCUT2D eigenvalue weighted by molar-refractivity contribution is -0.130. The molecule has 1 unspecified atom stereocenters.